The van der Waals surface area contributed by atoms with E-state index in [-0.39, 0.29) is 12.1 Å². The van der Waals surface area contributed by atoms with Crippen molar-refractivity contribution in [2.45, 2.75) is 38.8 Å². The normalized spacial score (nSPS) is 18.4. The zero-order chi connectivity index (χ0) is 15.5. The van der Waals surface area contributed by atoms with Crippen molar-refractivity contribution in [2.24, 2.45) is 0 Å². The summed E-state index contributed by atoms with van der Waals surface area (Å²) in [5, 5.41) is 2.89. The van der Waals surface area contributed by atoms with E-state index in [0.717, 1.165) is 31.5 Å². The monoisotopic (exact) mass is 290 g/mol. The molecule has 1 heterocycles. The third-order valence-electron chi connectivity index (χ3n) is 3.28. The van der Waals surface area contributed by atoms with Crippen LogP contribution in [0.5, 0.6) is 0 Å². The van der Waals surface area contributed by atoms with Crippen LogP contribution in [0.15, 0.2) is 24.3 Å². The summed E-state index contributed by atoms with van der Waals surface area (Å²) >= 11 is 0. The van der Waals surface area contributed by atoms with Crippen LogP contribution in [0.2, 0.25) is 0 Å². The zero-order valence-electron chi connectivity index (χ0n) is 12.8. The molecule has 0 bridgehead atoms. The van der Waals surface area contributed by atoms with Gasteiger partial charge in [-0.1, -0.05) is 12.1 Å². The second-order valence-corrected chi connectivity index (χ2v) is 6.29. The maximum Gasteiger partial charge on any atom is 0.407 e. The van der Waals surface area contributed by atoms with E-state index < -0.39 is 5.60 Å². The molecular formula is C16H22N2O3. The molecule has 21 heavy (non-hydrogen) atoms. The number of hydrogen-bond donors (Lipinski definition) is 1. The van der Waals surface area contributed by atoms with E-state index >= 15 is 0 Å². The molecule has 0 radical (unpaired) electrons. The van der Waals surface area contributed by atoms with Crippen LogP contribution in [0.4, 0.5) is 10.5 Å². The Morgan fingerprint density at radius 2 is 2.19 bits per heavy atom. The Bertz CT molecular complexity index is 522. The molecule has 114 valence electrons. The molecule has 2 rings (SSSR count). The van der Waals surface area contributed by atoms with E-state index in [1.54, 1.807) is 6.07 Å². The number of anilines is 1. The van der Waals surface area contributed by atoms with Crippen LogP contribution in [-0.2, 0) is 4.74 Å². The van der Waals surface area contributed by atoms with Gasteiger partial charge in [0.2, 0.25) is 0 Å². The summed E-state index contributed by atoms with van der Waals surface area (Å²) in [5.74, 6) is 0. The van der Waals surface area contributed by atoms with E-state index in [0.29, 0.717) is 5.56 Å². The van der Waals surface area contributed by atoms with Gasteiger partial charge in [-0.05, 0) is 39.3 Å². The smallest absolute Gasteiger partial charge is 0.407 e. The highest BCUT2D eigenvalue weighted by atomic mass is 16.6. The fourth-order valence-corrected chi connectivity index (χ4v) is 2.38. The molecule has 0 aliphatic carbocycles. The molecule has 1 N–H and O–H groups in total. The molecule has 5 heteroatoms. The van der Waals surface area contributed by atoms with Gasteiger partial charge < -0.3 is 15.0 Å². The van der Waals surface area contributed by atoms with Gasteiger partial charge in [0.1, 0.15) is 11.9 Å². The first-order valence-corrected chi connectivity index (χ1v) is 7.17. The fraction of sp³-hybridized carbons (Fsp3) is 0.500. The van der Waals surface area contributed by atoms with Crippen molar-refractivity contribution in [3.05, 3.63) is 29.8 Å². The SMILES string of the molecule is CC(C)(C)OC(=O)N[C@H]1CCN(c2cccc(C=O)c2)C1. The first-order valence-electron chi connectivity index (χ1n) is 7.17. The molecular weight excluding hydrogens is 268 g/mol. The molecule has 1 aliphatic rings. The average Bonchev–Trinajstić information content (AvgIpc) is 2.85. The minimum Gasteiger partial charge on any atom is -0.444 e. The van der Waals surface area contributed by atoms with Crippen LogP contribution in [0.25, 0.3) is 0 Å². The Kier molecular flexibility index (Phi) is 4.50. The fourth-order valence-electron chi connectivity index (χ4n) is 2.38. The summed E-state index contributed by atoms with van der Waals surface area (Å²) in [4.78, 5) is 24.7. The van der Waals surface area contributed by atoms with Crippen LogP contribution in [0.1, 0.15) is 37.6 Å². The van der Waals surface area contributed by atoms with E-state index in [4.69, 9.17) is 4.74 Å². The Labute approximate surface area is 125 Å². The topological polar surface area (TPSA) is 58.6 Å². The number of aldehydes is 1. The van der Waals surface area contributed by atoms with Crippen LogP contribution >= 0.6 is 0 Å². The molecule has 0 saturated carbocycles. The van der Waals surface area contributed by atoms with Gasteiger partial charge in [0, 0.05) is 24.3 Å². The molecule has 1 aromatic carbocycles. The number of nitrogens with zero attached hydrogens (tertiary/aromatic N) is 1. The summed E-state index contributed by atoms with van der Waals surface area (Å²) in [5.41, 5.74) is 1.19. The van der Waals surface area contributed by atoms with Crippen molar-refractivity contribution < 1.29 is 14.3 Å². The second-order valence-electron chi connectivity index (χ2n) is 6.29. The lowest BCUT2D eigenvalue weighted by Crippen LogP contribution is -2.40. The highest BCUT2D eigenvalue weighted by molar-refractivity contribution is 5.77. The number of carbonyl (C=O) groups is 2. The largest absolute Gasteiger partial charge is 0.444 e. The molecule has 1 aliphatic heterocycles. The molecule has 1 amide bonds. The number of rotatable bonds is 3. The van der Waals surface area contributed by atoms with E-state index in [2.05, 4.69) is 10.2 Å². The van der Waals surface area contributed by atoms with Crippen molar-refractivity contribution >= 4 is 18.1 Å². The first-order chi connectivity index (χ1) is 9.87. The summed E-state index contributed by atoms with van der Waals surface area (Å²) in [6, 6.07) is 7.56. The Balaban J connectivity index is 1.91. The van der Waals surface area contributed by atoms with Crippen molar-refractivity contribution in [3.63, 3.8) is 0 Å². The zero-order valence-corrected chi connectivity index (χ0v) is 12.8. The maximum absolute atomic E-state index is 11.8. The first kappa shape index (κ1) is 15.4. The van der Waals surface area contributed by atoms with Crippen LogP contribution in [0.3, 0.4) is 0 Å². The number of nitrogens with one attached hydrogen (secondary N) is 1. The lowest BCUT2D eigenvalue weighted by molar-refractivity contribution is 0.0509. The third-order valence-corrected chi connectivity index (χ3v) is 3.28. The van der Waals surface area contributed by atoms with E-state index in [1.807, 2.05) is 39.0 Å². The van der Waals surface area contributed by atoms with Crippen molar-refractivity contribution in [1.29, 1.82) is 0 Å². The standard InChI is InChI=1S/C16H22N2O3/c1-16(2,3)21-15(20)17-13-7-8-18(10-13)14-6-4-5-12(9-14)11-19/h4-6,9,11,13H,7-8,10H2,1-3H3,(H,17,20)/t13-/m0/s1. The van der Waals surface area contributed by atoms with E-state index in [1.165, 1.54) is 0 Å². The lowest BCUT2D eigenvalue weighted by atomic mass is 10.2. The summed E-state index contributed by atoms with van der Waals surface area (Å²) in [7, 11) is 0. The van der Waals surface area contributed by atoms with Crippen molar-refractivity contribution in [3.8, 4) is 0 Å². The number of carbonyl (C=O) groups excluding carboxylic acids is 2. The number of amides is 1. The molecule has 5 nitrogen and oxygen atoms in total. The Morgan fingerprint density at radius 1 is 1.43 bits per heavy atom. The van der Waals surface area contributed by atoms with Gasteiger partial charge in [0.15, 0.2) is 0 Å². The highest BCUT2D eigenvalue weighted by Gasteiger charge is 2.26. The Hall–Kier alpha value is -2.04. The van der Waals surface area contributed by atoms with Gasteiger partial charge in [-0.15, -0.1) is 0 Å². The minimum atomic E-state index is -0.485. The maximum atomic E-state index is 11.8. The number of hydrogen-bond acceptors (Lipinski definition) is 4. The van der Waals surface area contributed by atoms with Crippen molar-refractivity contribution in [1.82, 2.24) is 5.32 Å². The van der Waals surface area contributed by atoms with E-state index in [9.17, 15) is 9.59 Å². The van der Waals surface area contributed by atoms with Gasteiger partial charge in [0.05, 0.1) is 6.04 Å². The molecule has 1 atom stereocenters. The summed E-state index contributed by atoms with van der Waals surface area (Å²) < 4.78 is 5.26. The number of ether oxygens (including phenoxy) is 1. The Morgan fingerprint density at radius 3 is 2.86 bits per heavy atom. The van der Waals surface area contributed by atoms with Gasteiger partial charge in [-0.3, -0.25) is 4.79 Å². The van der Waals surface area contributed by atoms with Gasteiger partial charge in [0.25, 0.3) is 0 Å². The summed E-state index contributed by atoms with van der Waals surface area (Å²) in [6.45, 7) is 7.11. The lowest BCUT2D eigenvalue weighted by Gasteiger charge is -2.22. The number of alkyl carbamates (subject to hydrolysis) is 1. The predicted octanol–water partition coefficient (Wildman–Crippen LogP) is 2.60. The molecule has 0 spiro atoms. The van der Waals surface area contributed by atoms with Crippen molar-refractivity contribution in [2.75, 3.05) is 18.0 Å². The van der Waals surface area contributed by atoms with Crippen LogP contribution in [-0.4, -0.2) is 37.1 Å². The molecule has 1 saturated heterocycles. The second kappa shape index (κ2) is 6.16. The summed E-state index contributed by atoms with van der Waals surface area (Å²) in [6.07, 6.45) is 1.33. The molecule has 0 unspecified atom stereocenters. The number of benzene rings is 1. The van der Waals surface area contributed by atoms with Gasteiger partial charge in [-0.25, -0.2) is 4.79 Å². The molecule has 1 aromatic rings. The van der Waals surface area contributed by atoms with Crippen LogP contribution in [0, 0.1) is 0 Å². The quantitative estimate of drug-likeness (QED) is 0.869. The molecule has 0 aromatic heterocycles. The van der Waals surface area contributed by atoms with Crippen LogP contribution < -0.4 is 10.2 Å². The molecule has 1 fully saturated rings. The average molecular weight is 290 g/mol. The third kappa shape index (κ3) is 4.48. The predicted molar refractivity (Wildman–Crippen MR) is 81.8 cm³/mol. The highest BCUT2D eigenvalue weighted by Crippen LogP contribution is 2.21. The van der Waals surface area contributed by atoms with Gasteiger partial charge in [-0.2, -0.15) is 0 Å². The van der Waals surface area contributed by atoms with Gasteiger partial charge >= 0.3 is 6.09 Å². The minimum absolute atomic E-state index is 0.0692.